The van der Waals surface area contributed by atoms with Gasteiger partial charge in [0, 0.05) is 19.4 Å². The molecule has 0 N–H and O–H groups in total. The monoisotopic (exact) mass is 205 g/mol. The first kappa shape index (κ1) is 11.2. The van der Waals surface area contributed by atoms with Gasteiger partial charge in [0.1, 0.15) is 17.5 Å². The maximum Gasteiger partial charge on any atom is 0.150 e. The highest BCUT2D eigenvalue weighted by molar-refractivity contribution is 5.78. The van der Waals surface area contributed by atoms with Gasteiger partial charge in [-0.15, -0.1) is 0 Å². The van der Waals surface area contributed by atoms with E-state index in [0.29, 0.717) is 16.6 Å². The van der Waals surface area contributed by atoms with Gasteiger partial charge in [0.2, 0.25) is 0 Å². The van der Waals surface area contributed by atoms with E-state index < -0.39 is 0 Å². The molecule has 2 heterocycles. The summed E-state index contributed by atoms with van der Waals surface area (Å²) in [5.41, 5.74) is 0.925. The summed E-state index contributed by atoms with van der Waals surface area (Å²) in [4.78, 5) is 3.97. The van der Waals surface area contributed by atoms with E-state index in [2.05, 4.69) is 4.98 Å². The Morgan fingerprint density at radius 2 is 2.13 bits per heavy atom. The van der Waals surface area contributed by atoms with E-state index in [1.807, 2.05) is 19.9 Å². The van der Waals surface area contributed by atoms with E-state index in [-0.39, 0.29) is 5.82 Å². The second-order valence-corrected chi connectivity index (χ2v) is 2.79. The maximum atomic E-state index is 13.2. The first-order chi connectivity index (χ1) is 7.22. The third-order valence-electron chi connectivity index (χ3n) is 1.89. The summed E-state index contributed by atoms with van der Waals surface area (Å²) in [6, 6.07) is 3.41. The van der Waals surface area contributed by atoms with Crippen LogP contribution in [0.5, 0.6) is 0 Å². The number of rotatable bonds is 0. The third-order valence-corrected chi connectivity index (χ3v) is 1.89. The van der Waals surface area contributed by atoms with Crippen molar-refractivity contribution in [3.8, 4) is 6.07 Å². The second kappa shape index (κ2) is 4.56. The predicted molar refractivity (Wildman–Crippen MR) is 56.7 cm³/mol. The molecule has 15 heavy (non-hydrogen) atoms. The molecule has 0 saturated heterocycles. The number of nitriles is 1. The number of pyridine rings is 1. The summed E-state index contributed by atoms with van der Waals surface area (Å²) in [6.45, 7) is 4.00. The highest BCUT2D eigenvalue weighted by Crippen LogP contribution is 2.17. The lowest BCUT2D eigenvalue weighted by Gasteiger charge is -1.93. The standard InChI is InChI=1S/C9H6FN3.C2H6/c1-13-5-8(10)7-2-6(3-11)4-12-9(7)13;1-2/h2,4-5H,1H3;1-2H3. The van der Waals surface area contributed by atoms with Crippen LogP contribution in [0.15, 0.2) is 18.5 Å². The Labute approximate surface area is 87.8 Å². The molecule has 0 atom stereocenters. The molecule has 2 rings (SSSR count). The topological polar surface area (TPSA) is 41.6 Å². The van der Waals surface area contributed by atoms with Crippen molar-refractivity contribution < 1.29 is 4.39 Å². The van der Waals surface area contributed by atoms with Crippen LogP contribution >= 0.6 is 0 Å². The van der Waals surface area contributed by atoms with Crippen molar-refractivity contribution in [2.45, 2.75) is 13.8 Å². The Balaban J connectivity index is 0.000000531. The molecular weight excluding hydrogens is 193 g/mol. The Hall–Kier alpha value is -1.89. The molecule has 0 aromatic carbocycles. The van der Waals surface area contributed by atoms with Crippen LogP contribution in [-0.4, -0.2) is 9.55 Å². The van der Waals surface area contributed by atoms with E-state index in [1.54, 1.807) is 11.6 Å². The molecule has 0 bridgehead atoms. The van der Waals surface area contributed by atoms with Gasteiger partial charge in [-0.25, -0.2) is 9.37 Å². The molecule has 0 unspecified atom stereocenters. The van der Waals surface area contributed by atoms with E-state index in [9.17, 15) is 4.39 Å². The lowest BCUT2D eigenvalue weighted by molar-refractivity contribution is 0.633. The zero-order chi connectivity index (χ0) is 11.4. The summed E-state index contributed by atoms with van der Waals surface area (Å²) in [5.74, 6) is -0.345. The van der Waals surface area contributed by atoms with Gasteiger partial charge in [-0.3, -0.25) is 0 Å². The van der Waals surface area contributed by atoms with Crippen molar-refractivity contribution in [3.05, 3.63) is 29.8 Å². The summed E-state index contributed by atoms with van der Waals surface area (Å²) in [7, 11) is 1.71. The van der Waals surface area contributed by atoms with Crippen LogP contribution < -0.4 is 0 Å². The van der Waals surface area contributed by atoms with Crippen molar-refractivity contribution in [3.63, 3.8) is 0 Å². The maximum absolute atomic E-state index is 13.2. The number of halogens is 1. The third kappa shape index (κ3) is 1.96. The van der Waals surface area contributed by atoms with Gasteiger partial charge < -0.3 is 4.57 Å². The molecule has 3 nitrogen and oxygen atoms in total. The van der Waals surface area contributed by atoms with Crippen molar-refractivity contribution in [2.75, 3.05) is 0 Å². The quantitative estimate of drug-likeness (QED) is 0.663. The molecule has 0 spiro atoms. The normalized spacial score (nSPS) is 9.27. The zero-order valence-electron chi connectivity index (χ0n) is 8.95. The Morgan fingerprint density at radius 1 is 1.47 bits per heavy atom. The number of hydrogen-bond acceptors (Lipinski definition) is 2. The molecule has 2 aromatic heterocycles. The number of aryl methyl sites for hydroxylation is 1. The fourth-order valence-electron chi connectivity index (χ4n) is 1.28. The molecular formula is C11H12FN3. The smallest absolute Gasteiger partial charge is 0.150 e. The van der Waals surface area contributed by atoms with Crippen LogP contribution in [-0.2, 0) is 7.05 Å². The minimum Gasteiger partial charge on any atom is -0.333 e. The largest absolute Gasteiger partial charge is 0.333 e. The lowest BCUT2D eigenvalue weighted by atomic mass is 10.2. The van der Waals surface area contributed by atoms with Gasteiger partial charge in [0.05, 0.1) is 10.9 Å². The molecule has 0 radical (unpaired) electrons. The summed E-state index contributed by atoms with van der Waals surface area (Å²) < 4.78 is 14.7. The molecule has 4 heteroatoms. The highest BCUT2D eigenvalue weighted by atomic mass is 19.1. The number of hydrogen-bond donors (Lipinski definition) is 0. The van der Waals surface area contributed by atoms with E-state index in [4.69, 9.17) is 5.26 Å². The van der Waals surface area contributed by atoms with Crippen molar-refractivity contribution >= 4 is 11.0 Å². The fourth-order valence-corrected chi connectivity index (χ4v) is 1.28. The average Bonchev–Trinajstić information content (AvgIpc) is 2.57. The molecule has 2 aromatic rings. The Morgan fingerprint density at radius 3 is 2.73 bits per heavy atom. The number of aromatic nitrogens is 2. The molecule has 78 valence electrons. The van der Waals surface area contributed by atoms with Crippen LogP contribution in [0.4, 0.5) is 4.39 Å². The number of fused-ring (bicyclic) bond motifs is 1. The van der Waals surface area contributed by atoms with Crippen molar-refractivity contribution in [1.29, 1.82) is 5.26 Å². The first-order valence-electron chi connectivity index (χ1n) is 4.73. The van der Waals surface area contributed by atoms with Gasteiger partial charge in [-0.05, 0) is 6.07 Å². The van der Waals surface area contributed by atoms with Gasteiger partial charge in [-0.2, -0.15) is 5.26 Å². The van der Waals surface area contributed by atoms with Gasteiger partial charge in [0.25, 0.3) is 0 Å². The summed E-state index contributed by atoms with van der Waals surface area (Å²) >= 11 is 0. The number of nitrogens with zero attached hydrogens (tertiary/aromatic N) is 3. The van der Waals surface area contributed by atoms with Gasteiger partial charge in [-0.1, -0.05) is 13.8 Å². The predicted octanol–water partition coefficient (Wildman–Crippen LogP) is 2.61. The SMILES string of the molecule is CC.Cn1cc(F)c2cc(C#N)cnc21. The van der Waals surface area contributed by atoms with Gasteiger partial charge in [0.15, 0.2) is 0 Å². The molecule has 0 aliphatic carbocycles. The van der Waals surface area contributed by atoms with Crippen LogP contribution in [0.25, 0.3) is 11.0 Å². The average molecular weight is 205 g/mol. The molecule has 0 fully saturated rings. The van der Waals surface area contributed by atoms with Crippen LogP contribution in [0.3, 0.4) is 0 Å². The van der Waals surface area contributed by atoms with E-state index in [1.165, 1.54) is 18.5 Å². The molecule has 0 aliphatic heterocycles. The summed E-state index contributed by atoms with van der Waals surface area (Å²) in [6.07, 6.45) is 2.78. The fraction of sp³-hybridized carbons (Fsp3) is 0.273. The van der Waals surface area contributed by atoms with Crippen molar-refractivity contribution in [1.82, 2.24) is 9.55 Å². The lowest BCUT2D eigenvalue weighted by Crippen LogP contribution is -1.87. The Bertz CT molecular complexity index is 508. The Kier molecular flexibility index (Phi) is 3.40. The zero-order valence-corrected chi connectivity index (χ0v) is 8.95. The van der Waals surface area contributed by atoms with E-state index >= 15 is 0 Å². The summed E-state index contributed by atoms with van der Waals surface area (Å²) in [5, 5.41) is 8.97. The van der Waals surface area contributed by atoms with Gasteiger partial charge >= 0.3 is 0 Å². The molecule has 0 amide bonds. The first-order valence-corrected chi connectivity index (χ1v) is 4.73. The second-order valence-electron chi connectivity index (χ2n) is 2.79. The minimum atomic E-state index is -0.345. The highest BCUT2D eigenvalue weighted by Gasteiger charge is 2.07. The molecule has 0 saturated carbocycles. The van der Waals surface area contributed by atoms with E-state index in [0.717, 1.165) is 0 Å². The minimum absolute atomic E-state index is 0.345. The van der Waals surface area contributed by atoms with Crippen LogP contribution in [0.1, 0.15) is 19.4 Å². The van der Waals surface area contributed by atoms with Crippen LogP contribution in [0.2, 0.25) is 0 Å². The van der Waals surface area contributed by atoms with Crippen molar-refractivity contribution in [2.24, 2.45) is 7.05 Å². The molecule has 0 aliphatic rings. The van der Waals surface area contributed by atoms with Crippen LogP contribution in [0, 0.1) is 17.1 Å².